The summed E-state index contributed by atoms with van der Waals surface area (Å²) in [5.74, 6) is -0.484. The third kappa shape index (κ3) is 66.6. The molecule has 0 saturated heterocycles. The highest BCUT2D eigenvalue weighted by molar-refractivity contribution is 7.47. The molecule has 2 N–H and O–H groups in total. The number of amides is 1. The zero-order valence-corrected chi connectivity index (χ0v) is 59.2. The molecule has 0 rings (SSSR count). The smallest absolute Gasteiger partial charge is 0.456 e. The van der Waals surface area contributed by atoms with Crippen molar-refractivity contribution in [2.75, 3.05) is 40.9 Å². The van der Waals surface area contributed by atoms with Crippen molar-refractivity contribution in [3.05, 3.63) is 36.5 Å². The van der Waals surface area contributed by atoms with Crippen LogP contribution in [0.2, 0.25) is 0 Å². The van der Waals surface area contributed by atoms with E-state index in [0.29, 0.717) is 23.9 Å². The Morgan fingerprint density at radius 3 is 0.988 bits per heavy atom. The van der Waals surface area contributed by atoms with E-state index in [1.165, 1.54) is 295 Å². The van der Waals surface area contributed by atoms with Crippen LogP contribution in [0.3, 0.4) is 0 Å². The number of hydrogen-bond acceptors (Lipinski definition) is 6. The van der Waals surface area contributed by atoms with Crippen molar-refractivity contribution in [3.63, 3.8) is 0 Å². The second kappa shape index (κ2) is 66.2. The van der Waals surface area contributed by atoms with Crippen molar-refractivity contribution in [2.24, 2.45) is 0 Å². The van der Waals surface area contributed by atoms with Crippen LogP contribution < -0.4 is 5.32 Å². The minimum atomic E-state index is -4.45. The van der Waals surface area contributed by atoms with Crippen LogP contribution in [0.4, 0.5) is 0 Å². The quantitative estimate of drug-likeness (QED) is 0.0205. The van der Waals surface area contributed by atoms with Crippen LogP contribution in [0.5, 0.6) is 0 Å². The number of hydrogen-bond donors (Lipinski definition) is 2. The summed E-state index contributed by atoms with van der Waals surface area (Å²) in [5.41, 5.74) is 0. The number of phosphoric ester groups is 1. The van der Waals surface area contributed by atoms with Crippen molar-refractivity contribution < 1.29 is 37.3 Å². The number of allylic oxidation sites excluding steroid dienone is 5. The molecule has 9 nitrogen and oxygen atoms in total. The van der Waals surface area contributed by atoms with E-state index in [1.54, 1.807) is 0 Å². The number of rotatable bonds is 70. The van der Waals surface area contributed by atoms with Gasteiger partial charge < -0.3 is 19.4 Å². The summed E-state index contributed by atoms with van der Waals surface area (Å²) in [7, 11) is 1.52. The number of carbonyl (C=O) groups is 2. The first-order valence-corrected chi connectivity index (χ1v) is 39.3. The molecule has 0 saturated carbocycles. The molecular weight excluding hydrogens is 1080 g/mol. The molecule has 1 amide bonds. The fourth-order valence-electron chi connectivity index (χ4n) is 11.5. The molecule has 0 aliphatic rings. The Morgan fingerprint density at radius 2 is 0.674 bits per heavy atom. The maximum atomic E-state index is 13.6. The monoisotopic (exact) mass is 1230 g/mol. The molecule has 3 unspecified atom stereocenters. The van der Waals surface area contributed by atoms with E-state index < -0.39 is 20.0 Å². The number of esters is 1. The molecule has 10 heteroatoms. The number of nitrogens with zero attached hydrogens (tertiary/aromatic N) is 1. The standard InChI is InChI=1S/C76H147N2O7P/c1-7-10-13-16-19-22-25-28-30-32-34-36-37-38-39-40-41-43-45-47-49-51-54-57-60-63-66-69-76(80)85-74(67-64-61-58-55-52-27-24-21-18-15-12-9-3)73(72-84-86(81,82)83-71-70-78(4,5)6)77-75(79)68-65-62-59-56-53-50-48-46-44-42-35-33-31-29-26-23-20-17-14-11-8-2/h28-31,64,67,73-74H,7-27,32-63,65-66,68-72H2,1-6H3,(H-,77,79,81,82)/p+1/b30-28+,31-29+,67-64-. The van der Waals surface area contributed by atoms with E-state index in [9.17, 15) is 19.0 Å². The molecule has 0 aliphatic carbocycles. The van der Waals surface area contributed by atoms with E-state index in [1.807, 2.05) is 27.2 Å². The molecule has 0 aliphatic heterocycles. The Balaban J connectivity index is 4.95. The van der Waals surface area contributed by atoms with Crippen molar-refractivity contribution in [1.29, 1.82) is 0 Å². The van der Waals surface area contributed by atoms with Gasteiger partial charge in [0, 0.05) is 12.8 Å². The maximum absolute atomic E-state index is 13.6. The second-order valence-electron chi connectivity index (χ2n) is 27.2. The van der Waals surface area contributed by atoms with E-state index in [4.69, 9.17) is 13.8 Å². The van der Waals surface area contributed by atoms with Gasteiger partial charge in [0.15, 0.2) is 0 Å². The molecule has 0 aromatic carbocycles. The molecule has 0 aromatic rings. The summed E-state index contributed by atoms with van der Waals surface area (Å²) >= 11 is 0. The lowest BCUT2D eigenvalue weighted by atomic mass is 10.0. The Morgan fingerprint density at radius 1 is 0.395 bits per heavy atom. The third-order valence-electron chi connectivity index (χ3n) is 17.3. The number of unbranched alkanes of at least 4 members (excludes halogenated alkanes) is 50. The highest BCUT2D eigenvalue weighted by atomic mass is 31.2. The Hall–Kier alpha value is -1.77. The number of ether oxygens (including phenoxy) is 1. The Kier molecular flexibility index (Phi) is 64.8. The van der Waals surface area contributed by atoms with Crippen molar-refractivity contribution in [2.45, 2.75) is 399 Å². The number of nitrogens with one attached hydrogen (secondary N) is 1. The van der Waals surface area contributed by atoms with Crippen LogP contribution in [-0.4, -0.2) is 74.3 Å². The number of likely N-dealkylation sites (N-methyl/N-ethyl adjacent to an activating group) is 1. The van der Waals surface area contributed by atoms with Gasteiger partial charge in [-0.3, -0.25) is 18.6 Å². The fraction of sp³-hybridized carbons (Fsp3) is 0.895. The summed E-state index contributed by atoms with van der Waals surface area (Å²) in [6.45, 7) is 7.07. The van der Waals surface area contributed by atoms with Gasteiger partial charge in [0.05, 0.1) is 33.8 Å². The van der Waals surface area contributed by atoms with Crippen molar-refractivity contribution in [1.82, 2.24) is 5.32 Å². The lowest BCUT2D eigenvalue weighted by Gasteiger charge is -2.27. The molecule has 3 atom stereocenters. The molecule has 0 radical (unpaired) electrons. The summed E-state index contributed by atoms with van der Waals surface area (Å²) in [5, 5.41) is 3.08. The van der Waals surface area contributed by atoms with Crippen LogP contribution in [0.15, 0.2) is 36.5 Å². The minimum absolute atomic E-state index is 0.0431. The molecule has 0 heterocycles. The van der Waals surface area contributed by atoms with Gasteiger partial charge in [-0.05, 0) is 83.1 Å². The molecule has 0 spiro atoms. The van der Waals surface area contributed by atoms with Crippen LogP contribution >= 0.6 is 7.82 Å². The molecule has 0 bridgehead atoms. The largest absolute Gasteiger partial charge is 0.472 e. The first-order valence-electron chi connectivity index (χ1n) is 37.8. The zero-order chi connectivity index (χ0) is 62.8. The highest BCUT2D eigenvalue weighted by Gasteiger charge is 2.30. The first-order chi connectivity index (χ1) is 41.9. The van der Waals surface area contributed by atoms with Gasteiger partial charge in [0.2, 0.25) is 5.91 Å². The number of phosphoric acid groups is 1. The van der Waals surface area contributed by atoms with E-state index in [0.717, 1.165) is 57.8 Å². The summed E-state index contributed by atoms with van der Waals surface area (Å²) in [4.78, 5) is 38.0. The summed E-state index contributed by atoms with van der Waals surface area (Å²) in [6.07, 6.45) is 83.1. The number of carbonyl (C=O) groups excluding carboxylic acids is 2. The molecule has 508 valence electrons. The van der Waals surface area contributed by atoms with Gasteiger partial charge in [-0.1, -0.05) is 327 Å². The molecule has 86 heavy (non-hydrogen) atoms. The highest BCUT2D eigenvalue weighted by Crippen LogP contribution is 2.43. The number of quaternary nitrogens is 1. The average molecular weight is 1230 g/mol. The normalized spacial score (nSPS) is 13.6. The third-order valence-corrected chi connectivity index (χ3v) is 18.3. The van der Waals surface area contributed by atoms with Crippen LogP contribution in [0.25, 0.3) is 0 Å². The van der Waals surface area contributed by atoms with Crippen LogP contribution in [0, 0.1) is 0 Å². The van der Waals surface area contributed by atoms with E-state index in [2.05, 4.69) is 56.5 Å². The lowest BCUT2D eigenvalue weighted by Crippen LogP contribution is -2.47. The topological polar surface area (TPSA) is 111 Å². The maximum Gasteiger partial charge on any atom is 0.472 e. The van der Waals surface area contributed by atoms with Gasteiger partial charge >= 0.3 is 13.8 Å². The van der Waals surface area contributed by atoms with Crippen molar-refractivity contribution >= 4 is 19.7 Å². The van der Waals surface area contributed by atoms with Crippen LogP contribution in [0.1, 0.15) is 387 Å². The predicted molar refractivity (Wildman–Crippen MR) is 374 cm³/mol. The van der Waals surface area contributed by atoms with E-state index >= 15 is 0 Å². The van der Waals surface area contributed by atoms with Gasteiger partial charge in [-0.15, -0.1) is 0 Å². The van der Waals surface area contributed by atoms with Gasteiger partial charge in [0.1, 0.15) is 19.3 Å². The summed E-state index contributed by atoms with van der Waals surface area (Å²) < 4.78 is 30.9. The first kappa shape index (κ1) is 84.2. The summed E-state index contributed by atoms with van der Waals surface area (Å²) in [6, 6.07) is -0.846. The average Bonchev–Trinajstić information content (AvgIpc) is 3.65. The lowest BCUT2D eigenvalue weighted by molar-refractivity contribution is -0.870. The Bertz CT molecular complexity index is 1560. The van der Waals surface area contributed by atoms with Crippen molar-refractivity contribution in [3.8, 4) is 0 Å². The molecular formula is C76H148N2O7P+. The van der Waals surface area contributed by atoms with Crippen LogP contribution in [-0.2, 0) is 27.9 Å². The predicted octanol–water partition coefficient (Wildman–Crippen LogP) is 24.2. The van der Waals surface area contributed by atoms with E-state index in [-0.39, 0.29) is 25.1 Å². The fourth-order valence-corrected chi connectivity index (χ4v) is 12.2. The van der Waals surface area contributed by atoms with Gasteiger partial charge in [-0.25, -0.2) is 4.57 Å². The SMILES string of the molecule is CCCCCCCC/C=C/CCCCCCCCCCCCCCCCCCCC(=O)OC(/C=C\CCCCCCCCCCCC)C(COP(=O)(O)OCC[N+](C)(C)C)NC(=O)CCCCCCCCCCCCC/C=C/CCCCCCCC. The minimum Gasteiger partial charge on any atom is -0.456 e. The zero-order valence-electron chi connectivity index (χ0n) is 58.3. The van der Waals surface area contributed by atoms with Gasteiger partial charge in [0.25, 0.3) is 0 Å². The molecule has 0 fully saturated rings. The molecule has 0 aromatic heterocycles. The Labute approximate surface area is 536 Å². The second-order valence-corrected chi connectivity index (χ2v) is 28.6. The van der Waals surface area contributed by atoms with Gasteiger partial charge in [-0.2, -0.15) is 0 Å².